The standard InChI is InChI=1S/C22H45NO3Si/c1-18(2)20(24)14-10-8-9-11-16-23-19(13-12-15-21(23)25)17-26-27(6,7)22(3,4)5/h18-20,24H,8-17H2,1-7H3/t19-,20?/m1/s1. The molecule has 0 aromatic heterocycles. The summed E-state index contributed by atoms with van der Waals surface area (Å²) in [5.41, 5.74) is 0. The zero-order chi connectivity index (χ0) is 20.7. The van der Waals surface area contributed by atoms with Crippen LogP contribution >= 0.6 is 0 Å². The van der Waals surface area contributed by atoms with Crippen LogP contribution in [0, 0.1) is 5.92 Å². The van der Waals surface area contributed by atoms with Crippen molar-refractivity contribution in [3.63, 3.8) is 0 Å². The second-order valence-electron chi connectivity index (χ2n) is 10.2. The van der Waals surface area contributed by atoms with Crippen molar-refractivity contribution in [2.75, 3.05) is 13.2 Å². The van der Waals surface area contributed by atoms with E-state index in [0.717, 1.165) is 51.5 Å². The molecule has 1 fully saturated rings. The van der Waals surface area contributed by atoms with Gasteiger partial charge >= 0.3 is 0 Å². The molecule has 0 aromatic carbocycles. The molecule has 5 heteroatoms. The maximum atomic E-state index is 12.5. The van der Waals surface area contributed by atoms with Crippen molar-refractivity contribution >= 4 is 14.2 Å². The van der Waals surface area contributed by atoms with E-state index in [1.165, 1.54) is 0 Å². The van der Waals surface area contributed by atoms with Gasteiger partial charge in [0.25, 0.3) is 0 Å². The van der Waals surface area contributed by atoms with Crippen LogP contribution in [0.2, 0.25) is 18.1 Å². The Bertz CT molecular complexity index is 445. The van der Waals surface area contributed by atoms with Gasteiger partial charge in [-0.25, -0.2) is 0 Å². The highest BCUT2D eigenvalue weighted by atomic mass is 28.4. The monoisotopic (exact) mass is 399 g/mol. The number of nitrogens with zero attached hydrogens (tertiary/aromatic N) is 1. The van der Waals surface area contributed by atoms with Crippen molar-refractivity contribution in [2.45, 2.75) is 116 Å². The largest absolute Gasteiger partial charge is 0.415 e. The summed E-state index contributed by atoms with van der Waals surface area (Å²) in [7, 11) is -1.77. The SMILES string of the molecule is CC(C)C(O)CCCCCCN1C(=O)CCC[C@@H]1CO[Si](C)(C)C(C)(C)C. The summed E-state index contributed by atoms with van der Waals surface area (Å²) in [6.45, 7) is 17.1. The summed E-state index contributed by atoms with van der Waals surface area (Å²) < 4.78 is 6.42. The number of aliphatic hydroxyl groups excluding tert-OH is 1. The van der Waals surface area contributed by atoms with E-state index in [2.05, 4.69) is 52.6 Å². The fourth-order valence-electron chi connectivity index (χ4n) is 3.32. The molecule has 0 spiro atoms. The summed E-state index contributed by atoms with van der Waals surface area (Å²) in [5.74, 6) is 0.651. The van der Waals surface area contributed by atoms with Gasteiger partial charge in [0.05, 0.1) is 18.8 Å². The van der Waals surface area contributed by atoms with Gasteiger partial charge in [0.15, 0.2) is 8.32 Å². The quantitative estimate of drug-likeness (QED) is 0.376. The molecule has 1 aliphatic rings. The summed E-state index contributed by atoms with van der Waals surface area (Å²) in [6, 6.07) is 0.253. The molecule has 1 N–H and O–H groups in total. The molecule has 2 atom stereocenters. The van der Waals surface area contributed by atoms with E-state index in [4.69, 9.17) is 4.43 Å². The number of hydrogen-bond acceptors (Lipinski definition) is 3. The van der Waals surface area contributed by atoms with Crippen LogP contribution in [-0.2, 0) is 9.22 Å². The lowest BCUT2D eigenvalue weighted by Gasteiger charge is -2.41. The van der Waals surface area contributed by atoms with Crippen LogP contribution in [0.1, 0.15) is 86.0 Å². The van der Waals surface area contributed by atoms with E-state index in [-0.39, 0.29) is 17.2 Å². The third kappa shape index (κ3) is 8.24. The van der Waals surface area contributed by atoms with Crippen molar-refractivity contribution < 1.29 is 14.3 Å². The summed E-state index contributed by atoms with van der Waals surface area (Å²) >= 11 is 0. The number of carbonyl (C=O) groups excluding carboxylic acids is 1. The average molecular weight is 400 g/mol. The third-order valence-electron chi connectivity index (χ3n) is 6.55. The normalized spacial score (nSPS) is 20.4. The first-order valence-electron chi connectivity index (χ1n) is 11.1. The van der Waals surface area contributed by atoms with Crippen LogP contribution < -0.4 is 0 Å². The van der Waals surface area contributed by atoms with Gasteiger partial charge in [-0.2, -0.15) is 0 Å². The first kappa shape index (κ1) is 24.6. The van der Waals surface area contributed by atoms with Gasteiger partial charge in [0.2, 0.25) is 5.91 Å². The number of rotatable bonds is 11. The number of aliphatic hydroxyl groups is 1. The molecule has 4 nitrogen and oxygen atoms in total. The second kappa shape index (κ2) is 11.0. The smallest absolute Gasteiger partial charge is 0.222 e. The van der Waals surface area contributed by atoms with Gasteiger partial charge in [-0.15, -0.1) is 0 Å². The predicted molar refractivity (Wildman–Crippen MR) is 116 cm³/mol. The van der Waals surface area contributed by atoms with Crippen LogP contribution in [0.5, 0.6) is 0 Å². The van der Waals surface area contributed by atoms with E-state index in [1.54, 1.807) is 0 Å². The first-order chi connectivity index (χ1) is 12.5. The number of hydrogen-bond donors (Lipinski definition) is 1. The summed E-state index contributed by atoms with van der Waals surface area (Å²) in [6.07, 6.45) is 7.87. The maximum absolute atomic E-state index is 12.5. The lowest BCUT2D eigenvalue weighted by atomic mass is 9.99. The van der Waals surface area contributed by atoms with E-state index >= 15 is 0 Å². The van der Waals surface area contributed by atoms with Crippen LogP contribution in [0.15, 0.2) is 0 Å². The van der Waals surface area contributed by atoms with Crippen molar-refractivity contribution in [1.82, 2.24) is 4.90 Å². The highest BCUT2D eigenvalue weighted by molar-refractivity contribution is 6.74. The average Bonchev–Trinajstić information content (AvgIpc) is 2.56. The Labute approximate surface area is 169 Å². The first-order valence-corrected chi connectivity index (χ1v) is 14.0. The number of carbonyl (C=O) groups is 1. The highest BCUT2D eigenvalue weighted by Crippen LogP contribution is 2.37. The minimum absolute atomic E-state index is 0.175. The molecule has 1 unspecified atom stereocenters. The van der Waals surface area contributed by atoms with E-state index in [0.29, 0.717) is 24.9 Å². The Morgan fingerprint density at radius 2 is 1.81 bits per heavy atom. The van der Waals surface area contributed by atoms with Crippen LogP contribution in [0.25, 0.3) is 0 Å². The third-order valence-corrected chi connectivity index (χ3v) is 11.1. The number of likely N-dealkylation sites (tertiary alicyclic amines) is 1. The molecule has 1 heterocycles. The van der Waals surface area contributed by atoms with E-state index < -0.39 is 8.32 Å². The lowest BCUT2D eigenvalue weighted by molar-refractivity contribution is -0.137. The zero-order valence-corrected chi connectivity index (χ0v) is 20.0. The van der Waals surface area contributed by atoms with Gasteiger partial charge in [0, 0.05) is 13.0 Å². The fraction of sp³-hybridized carbons (Fsp3) is 0.955. The van der Waals surface area contributed by atoms with Crippen molar-refractivity contribution in [2.24, 2.45) is 5.92 Å². The Morgan fingerprint density at radius 1 is 1.19 bits per heavy atom. The lowest BCUT2D eigenvalue weighted by Crippen LogP contribution is -2.50. The Balaban J connectivity index is 2.40. The minimum atomic E-state index is -1.77. The molecular formula is C22H45NO3Si. The molecule has 160 valence electrons. The zero-order valence-electron chi connectivity index (χ0n) is 19.0. The van der Waals surface area contributed by atoms with Gasteiger partial charge < -0.3 is 14.4 Å². The number of piperidine rings is 1. The Hall–Kier alpha value is -0.393. The van der Waals surface area contributed by atoms with Crippen molar-refractivity contribution in [3.05, 3.63) is 0 Å². The second-order valence-corrected chi connectivity index (χ2v) is 15.0. The fourth-order valence-corrected chi connectivity index (χ4v) is 4.36. The Morgan fingerprint density at radius 3 is 2.41 bits per heavy atom. The minimum Gasteiger partial charge on any atom is -0.415 e. The molecule has 1 amide bonds. The number of amides is 1. The Kier molecular flexibility index (Phi) is 10.0. The molecule has 1 rings (SSSR count). The molecule has 1 aliphatic heterocycles. The molecule has 0 bridgehead atoms. The van der Waals surface area contributed by atoms with Crippen molar-refractivity contribution in [3.8, 4) is 0 Å². The maximum Gasteiger partial charge on any atom is 0.222 e. The predicted octanol–water partition coefficient (Wildman–Crippen LogP) is 5.36. The highest BCUT2D eigenvalue weighted by Gasteiger charge is 2.38. The van der Waals surface area contributed by atoms with Gasteiger partial charge in [-0.3, -0.25) is 4.79 Å². The van der Waals surface area contributed by atoms with Crippen molar-refractivity contribution in [1.29, 1.82) is 0 Å². The number of unbranched alkanes of at least 4 members (excludes halogenated alkanes) is 3. The van der Waals surface area contributed by atoms with E-state index in [9.17, 15) is 9.90 Å². The van der Waals surface area contributed by atoms with Gasteiger partial charge in [0.1, 0.15) is 0 Å². The molecular weight excluding hydrogens is 354 g/mol. The van der Waals surface area contributed by atoms with Crippen LogP contribution in [-0.4, -0.2) is 49.5 Å². The summed E-state index contributed by atoms with van der Waals surface area (Å²) in [4.78, 5) is 14.6. The topological polar surface area (TPSA) is 49.8 Å². The van der Waals surface area contributed by atoms with Gasteiger partial charge in [-0.1, -0.05) is 53.9 Å². The molecule has 0 aliphatic carbocycles. The molecule has 1 saturated heterocycles. The van der Waals surface area contributed by atoms with E-state index in [1.807, 2.05) is 0 Å². The molecule has 0 radical (unpaired) electrons. The van der Waals surface area contributed by atoms with Crippen LogP contribution in [0.4, 0.5) is 0 Å². The molecule has 27 heavy (non-hydrogen) atoms. The molecule has 0 aromatic rings. The molecule has 0 saturated carbocycles. The van der Waals surface area contributed by atoms with Crippen LogP contribution in [0.3, 0.4) is 0 Å². The van der Waals surface area contributed by atoms with Gasteiger partial charge in [-0.05, 0) is 49.7 Å². The summed E-state index contributed by atoms with van der Waals surface area (Å²) in [5, 5.41) is 10.1.